The van der Waals surface area contributed by atoms with Gasteiger partial charge in [-0.05, 0) is 35.9 Å². The Labute approximate surface area is 175 Å². The monoisotopic (exact) mass is 410 g/mol. The smallest absolute Gasteiger partial charge is 0.337 e. The molecule has 0 radical (unpaired) electrons. The van der Waals surface area contributed by atoms with E-state index in [4.69, 9.17) is 26.1 Å². The van der Waals surface area contributed by atoms with Gasteiger partial charge in [-0.2, -0.15) is 0 Å². The van der Waals surface area contributed by atoms with Gasteiger partial charge in [-0.1, -0.05) is 38.4 Å². The lowest BCUT2D eigenvalue weighted by atomic mass is 9.85. The second-order valence-electron chi connectivity index (χ2n) is 7.61. The molecule has 0 bridgehead atoms. The van der Waals surface area contributed by atoms with Crippen molar-refractivity contribution in [2.45, 2.75) is 26.2 Å². The molecule has 5 nitrogen and oxygen atoms in total. The molecule has 0 unspecified atom stereocenters. The number of hydrogen-bond donors (Lipinski definition) is 0. The number of halogens is 1. The van der Waals surface area contributed by atoms with Crippen LogP contribution in [0, 0.1) is 0 Å². The number of esters is 1. The van der Waals surface area contributed by atoms with Crippen LogP contribution in [0.15, 0.2) is 48.8 Å². The van der Waals surface area contributed by atoms with Crippen molar-refractivity contribution in [3.8, 4) is 28.1 Å². The first-order chi connectivity index (χ1) is 13.8. The highest BCUT2D eigenvalue weighted by Gasteiger charge is 2.25. The fourth-order valence-corrected chi connectivity index (χ4v) is 3.43. The maximum atomic E-state index is 11.8. The highest BCUT2D eigenvalue weighted by atomic mass is 35.5. The summed E-state index contributed by atoms with van der Waals surface area (Å²) in [7, 11) is 2.92. The molecule has 0 N–H and O–H groups in total. The zero-order valence-electron chi connectivity index (χ0n) is 17.1. The number of nitrogens with zero attached hydrogens (tertiary/aromatic N) is 2. The fourth-order valence-electron chi connectivity index (χ4n) is 3.15. The lowest BCUT2D eigenvalue weighted by Gasteiger charge is -2.24. The molecule has 3 aromatic rings. The second kappa shape index (κ2) is 8.21. The predicted molar refractivity (Wildman–Crippen MR) is 115 cm³/mol. The molecule has 0 saturated carbocycles. The topological polar surface area (TPSA) is 61.3 Å². The Hall–Kier alpha value is -2.92. The van der Waals surface area contributed by atoms with Crippen molar-refractivity contribution in [2.75, 3.05) is 14.2 Å². The Morgan fingerprint density at radius 1 is 0.966 bits per heavy atom. The number of rotatable bonds is 4. The van der Waals surface area contributed by atoms with E-state index in [1.54, 1.807) is 37.7 Å². The molecule has 0 spiro atoms. The minimum absolute atomic E-state index is 0.205. The van der Waals surface area contributed by atoms with Crippen molar-refractivity contribution in [3.63, 3.8) is 0 Å². The summed E-state index contributed by atoms with van der Waals surface area (Å²) in [6.07, 6.45) is 3.51. The van der Waals surface area contributed by atoms with E-state index in [1.165, 1.54) is 7.11 Å². The summed E-state index contributed by atoms with van der Waals surface area (Å²) in [5, 5.41) is 0.414. The molecule has 6 heteroatoms. The summed E-state index contributed by atoms with van der Waals surface area (Å²) < 4.78 is 10.4. The van der Waals surface area contributed by atoms with Gasteiger partial charge < -0.3 is 9.47 Å². The zero-order chi connectivity index (χ0) is 21.2. The normalized spacial score (nSPS) is 11.2. The van der Waals surface area contributed by atoms with Crippen LogP contribution in [0.3, 0.4) is 0 Å². The van der Waals surface area contributed by atoms with Gasteiger partial charge in [0.25, 0.3) is 0 Å². The first kappa shape index (κ1) is 20.8. The first-order valence-corrected chi connectivity index (χ1v) is 9.52. The minimum Gasteiger partial charge on any atom is -0.481 e. The summed E-state index contributed by atoms with van der Waals surface area (Å²) in [6, 6.07) is 11.0. The van der Waals surface area contributed by atoms with Crippen LogP contribution in [-0.4, -0.2) is 30.2 Å². The number of carbonyl (C=O) groups is 1. The van der Waals surface area contributed by atoms with Crippen LogP contribution in [0.1, 0.15) is 36.8 Å². The maximum absolute atomic E-state index is 11.8. The number of benzene rings is 1. The van der Waals surface area contributed by atoms with Crippen molar-refractivity contribution in [1.82, 2.24) is 9.97 Å². The molecule has 29 heavy (non-hydrogen) atoms. The van der Waals surface area contributed by atoms with Gasteiger partial charge in [0.15, 0.2) is 0 Å². The molecular weight excluding hydrogens is 388 g/mol. The van der Waals surface area contributed by atoms with Gasteiger partial charge in [0.2, 0.25) is 5.88 Å². The Morgan fingerprint density at radius 2 is 1.66 bits per heavy atom. The van der Waals surface area contributed by atoms with Crippen LogP contribution in [0.2, 0.25) is 5.02 Å². The number of methoxy groups -OCH3 is 2. The Morgan fingerprint density at radius 3 is 2.21 bits per heavy atom. The van der Waals surface area contributed by atoms with Crippen molar-refractivity contribution in [3.05, 3.63) is 65.1 Å². The largest absolute Gasteiger partial charge is 0.481 e. The summed E-state index contributed by atoms with van der Waals surface area (Å²) >= 11 is 6.52. The first-order valence-electron chi connectivity index (χ1n) is 9.14. The predicted octanol–water partition coefficient (Wildman–Crippen LogP) is 5.56. The lowest BCUT2D eigenvalue weighted by Crippen LogP contribution is -2.16. The van der Waals surface area contributed by atoms with Crippen LogP contribution in [-0.2, 0) is 10.2 Å². The molecule has 0 aliphatic heterocycles. The highest BCUT2D eigenvalue weighted by molar-refractivity contribution is 6.33. The van der Waals surface area contributed by atoms with E-state index < -0.39 is 5.97 Å². The van der Waals surface area contributed by atoms with Crippen molar-refractivity contribution < 1.29 is 14.3 Å². The third-order valence-corrected chi connectivity index (χ3v) is 4.88. The van der Waals surface area contributed by atoms with E-state index >= 15 is 0 Å². The van der Waals surface area contributed by atoms with Gasteiger partial charge in [0.1, 0.15) is 0 Å². The van der Waals surface area contributed by atoms with E-state index in [0.29, 0.717) is 16.5 Å². The quantitative estimate of drug-likeness (QED) is 0.527. The number of ether oxygens (including phenoxy) is 2. The summed E-state index contributed by atoms with van der Waals surface area (Å²) in [5.74, 6) is 0.0320. The van der Waals surface area contributed by atoms with Crippen LogP contribution in [0.25, 0.3) is 22.3 Å². The standard InChI is InChI=1S/C23H23ClN2O3/c1-23(2,3)20-17(14-8-10-25-11-9-14)13-18(21(26-20)28-4)16-7-6-15(12-19(16)24)22(27)29-5/h6-13H,1-5H3. The molecule has 2 aromatic heterocycles. The van der Waals surface area contributed by atoms with E-state index in [2.05, 4.69) is 25.8 Å². The van der Waals surface area contributed by atoms with E-state index in [-0.39, 0.29) is 5.41 Å². The van der Waals surface area contributed by atoms with Crippen molar-refractivity contribution in [1.29, 1.82) is 0 Å². The average Bonchev–Trinajstić information content (AvgIpc) is 2.72. The van der Waals surface area contributed by atoms with Gasteiger partial charge in [0.05, 0.1) is 25.5 Å². The summed E-state index contributed by atoms with van der Waals surface area (Å²) in [6.45, 7) is 6.33. The molecule has 1 aromatic carbocycles. The Kier molecular flexibility index (Phi) is 5.89. The van der Waals surface area contributed by atoms with Crippen LogP contribution in [0.4, 0.5) is 0 Å². The van der Waals surface area contributed by atoms with Crippen LogP contribution >= 0.6 is 11.6 Å². The molecule has 0 aliphatic carbocycles. The SMILES string of the molecule is COC(=O)c1ccc(-c2cc(-c3ccncc3)c(C(C)(C)C)nc2OC)c(Cl)c1. The number of carbonyl (C=O) groups excluding carboxylic acids is 1. The van der Waals surface area contributed by atoms with Gasteiger partial charge in [-0.25, -0.2) is 9.78 Å². The molecule has 0 aliphatic rings. The maximum Gasteiger partial charge on any atom is 0.337 e. The Bertz CT molecular complexity index is 1040. The van der Waals surface area contributed by atoms with E-state index in [9.17, 15) is 4.79 Å². The molecule has 0 atom stereocenters. The molecule has 0 amide bonds. The summed E-state index contributed by atoms with van der Waals surface area (Å²) in [5.41, 5.74) is 4.53. The molecule has 2 heterocycles. The minimum atomic E-state index is -0.441. The number of pyridine rings is 2. The summed E-state index contributed by atoms with van der Waals surface area (Å²) in [4.78, 5) is 20.8. The van der Waals surface area contributed by atoms with E-state index in [0.717, 1.165) is 27.9 Å². The third kappa shape index (κ3) is 4.25. The molecule has 0 fully saturated rings. The van der Waals surface area contributed by atoms with Crippen molar-refractivity contribution >= 4 is 17.6 Å². The number of hydrogen-bond acceptors (Lipinski definition) is 5. The molecule has 3 rings (SSSR count). The fraction of sp³-hybridized carbons (Fsp3) is 0.261. The van der Waals surface area contributed by atoms with E-state index in [1.807, 2.05) is 18.2 Å². The van der Waals surface area contributed by atoms with Crippen LogP contribution in [0.5, 0.6) is 5.88 Å². The zero-order valence-corrected chi connectivity index (χ0v) is 17.9. The lowest BCUT2D eigenvalue weighted by molar-refractivity contribution is 0.0600. The van der Waals surface area contributed by atoms with Gasteiger partial charge in [-0.15, -0.1) is 0 Å². The molecule has 150 valence electrons. The van der Waals surface area contributed by atoms with Gasteiger partial charge >= 0.3 is 5.97 Å². The van der Waals surface area contributed by atoms with Crippen molar-refractivity contribution in [2.24, 2.45) is 0 Å². The third-order valence-electron chi connectivity index (χ3n) is 4.56. The average molecular weight is 411 g/mol. The second-order valence-corrected chi connectivity index (χ2v) is 8.02. The number of aromatic nitrogens is 2. The molecular formula is C23H23ClN2O3. The van der Waals surface area contributed by atoms with Gasteiger partial charge in [0, 0.05) is 39.5 Å². The van der Waals surface area contributed by atoms with Crippen LogP contribution < -0.4 is 4.74 Å². The highest BCUT2D eigenvalue weighted by Crippen LogP contribution is 2.41. The Balaban J connectivity index is 2.26. The molecule has 0 saturated heterocycles. The van der Waals surface area contributed by atoms with Gasteiger partial charge in [-0.3, -0.25) is 4.98 Å².